The van der Waals surface area contributed by atoms with Crippen LogP contribution in [-0.2, 0) is 16.1 Å². The molecular weight excluding hydrogens is 347 g/mol. The van der Waals surface area contributed by atoms with Crippen LogP contribution in [0.4, 0.5) is 4.39 Å². The SMILES string of the molecule is CCC(C(=O)NC)N(Cc1ccc(C)cc1)C(=O)COc1ccc(F)cc1. The van der Waals surface area contributed by atoms with Crippen molar-refractivity contribution in [2.75, 3.05) is 13.7 Å². The Kier molecular flexibility index (Phi) is 7.34. The second kappa shape index (κ2) is 9.71. The molecule has 0 aliphatic carbocycles. The third-order valence-electron chi connectivity index (χ3n) is 4.28. The van der Waals surface area contributed by atoms with E-state index in [4.69, 9.17) is 4.74 Å². The maximum absolute atomic E-state index is 13.0. The largest absolute Gasteiger partial charge is 0.484 e. The van der Waals surface area contributed by atoms with E-state index in [1.807, 2.05) is 38.1 Å². The van der Waals surface area contributed by atoms with Crippen LogP contribution in [0.3, 0.4) is 0 Å². The van der Waals surface area contributed by atoms with E-state index in [1.54, 1.807) is 7.05 Å². The van der Waals surface area contributed by atoms with Crippen molar-refractivity contribution in [2.45, 2.75) is 32.9 Å². The number of halogens is 1. The lowest BCUT2D eigenvalue weighted by Gasteiger charge is -2.30. The van der Waals surface area contributed by atoms with Crippen molar-refractivity contribution < 1.29 is 18.7 Å². The average Bonchev–Trinajstić information content (AvgIpc) is 2.68. The van der Waals surface area contributed by atoms with Gasteiger partial charge >= 0.3 is 0 Å². The summed E-state index contributed by atoms with van der Waals surface area (Å²) in [6.45, 7) is 3.92. The van der Waals surface area contributed by atoms with E-state index in [9.17, 15) is 14.0 Å². The van der Waals surface area contributed by atoms with Gasteiger partial charge in [-0.25, -0.2) is 4.39 Å². The van der Waals surface area contributed by atoms with Crippen molar-refractivity contribution in [3.63, 3.8) is 0 Å². The first-order chi connectivity index (χ1) is 12.9. The number of ether oxygens (including phenoxy) is 1. The first-order valence-corrected chi connectivity index (χ1v) is 8.89. The van der Waals surface area contributed by atoms with E-state index in [-0.39, 0.29) is 24.2 Å². The number of likely N-dealkylation sites (N-methyl/N-ethyl adjacent to an activating group) is 1. The number of nitrogens with zero attached hydrogens (tertiary/aromatic N) is 1. The first-order valence-electron chi connectivity index (χ1n) is 8.89. The zero-order chi connectivity index (χ0) is 19.8. The molecule has 2 amide bonds. The summed E-state index contributed by atoms with van der Waals surface area (Å²) < 4.78 is 18.5. The van der Waals surface area contributed by atoms with Gasteiger partial charge in [-0.1, -0.05) is 36.8 Å². The molecule has 0 aliphatic rings. The number of rotatable bonds is 8. The Morgan fingerprint density at radius 1 is 1.11 bits per heavy atom. The Balaban J connectivity index is 2.15. The topological polar surface area (TPSA) is 58.6 Å². The molecule has 2 rings (SSSR count). The monoisotopic (exact) mass is 372 g/mol. The number of carbonyl (C=O) groups excluding carboxylic acids is 2. The van der Waals surface area contributed by atoms with Crippen molar-refractivity contribution in [3.8, 4) is 5.75 Å². The number of hydrogen-bond donors (Lipinski definition) is 1. The predicted molar refractivity (Wildman–Crippen MR) is 102 cm³/mol. The van der Waals surface area contributed by atoms with Gasteiger partial charge in [-0.2, -0.15) is 0 Å². The summed E-state index contributed by atoms with van der Waals surface area (Å²) in [5, 5.41) is 2.61. The number of aryl methyl sites for hydroxylation is 1. The van der Waals surface area contributed by atoms with E-state index in [0.29, 0.717) is 18.7 Å². The molecule has 0 aromatic heterocycles. The highest BCUT2D eigenvalue weighted by molar-refractivity contribution is 5.88. The Labute approximate surface area is 159 Å². The van der Waals surface area contributed by atoms with Crippen LogP contribution < -0.4 is 10.1 Å². The van der Waals surface area contributed by atoms with Gasteiger partial charge in [0.25, 0.3) is 5.91 Å². The van der Waals surface area contributed by atoms with Crippen LogP contribution in [0.15, 0.2) is 48.5 Å². The Morgan fingerprint density at radius 2 is 1.74 bits per heavy atom. The van der Waals surface area contributed by atoms with Gasteiger partial charge in [-0.05, 0) is 43.2 Å². The maximum atomic E-state index is 13.0. The molecule has 6 heteroatoms. The summed E-state index contributed by atoms with van der Waals surface area (Å²) in [6.07, 6.45) is 0.480. The fourth-order valence-electron chi connectivity index (χ4n) is 2.74. The van der Waals surface area contributed by atoms with Gasteiger partial charge in [0, 0.05) is 13.6 Å². The van der Waals surface area contributed by atoms with Crippen LogP contribution in [0.1, 0.15) is 24.5 Å². The Bertz CT molecular complexity index is 760. The van der Waals surface area contributed by atoms with Gasteiger partial charge in [0.1, 0.15) is 17.6 Å². The van der Waals surface area contributed by atoms with Crippen molar-refractivity contribution in [1.29, 1.82) is 0 Å². The van der Waals surface area contributed by atoms with Gasteiger partial charge in [0.05, 0.1) is 0 Å². The van der Waals surface area contributed by atoms with Crippen LogP contribution in [0.25, 0.3) is 0 Å². The van der Waals surface area contributed by atoms with Crippen LogP contribution in [0.2, 0.25) is 0 Å². The third-order valence-corrected chi connectivity index (χ3v) is 4.28. The van der Waals surface area contributed by atoms with E-state index in [0.717, 1.165) is 11.1 Å². The fraction of sp³-hybridized carbons (Fsp3) is 0.333. The minimum atomic E-state index is -0.597. The Morgan fingerprint density at radius 3 is 2.30 bits per heavy atom. The molecular formula is C21H25FN2O3. The molecule has 1 atom stereocenters. The molecule has 2 aromatic carbocycles. The molecule has 0 bridgehead atoms. The molecule has 0 spiro atoms. The summed E-state index contributed by atoms with van der Waals surface area (Å²) >= 11 is 0. The quantitative estimate of drug-likeness (QED) is 0.775. The second-order valence-electron chi connectivity index (χ2n) is 6.29. The summed E-state index contributed by atoms with van der Waals surface area (Å²) in [6, 6.07) is 12.7. The highest BCUT2D eigenvalue weighted by Gasteiger charge is 2.28. The molecule has 0 heterocycles. The van der Waals surface area contributed by atoms with Crippen LogP contribution >= 0.6 is 0 Å². The van der Waals surface area contributed by atoms with Crippen molar-refractivity contribution >= 4 is 11.8 Å². The number of hydrogen-bond acceptors (Lipinski definition) is 3. The standard InChI is InChI=1S/C21H25FN2O3/c1-4-19(21(26)23-3)24(13-16-7-5-15(2)6-8-16)20(25)14-27-18-11-9-17(22)10-12-18/h5-12,19H,4,13-14H2,1-3H3,(H,23,26). The molecule has 0 radical (unpaired) electrons. The van der Waals surface area contributed by atoms with Gasteiger partial charge in [0.15, 0.2) is 6.61 Å². The van der Waals surface area contributed by atoms with Gasteiger partial charge in [-0.3, -0.25) is 9.59 Å². The van der Waals surface area contributed by atoms with E-state index in [1.165, 1.54) is 29.2 Å². The maximum Gasteiger partial charge on any atom is 0.261 e. The van der Waals surface area contributed by atoms with Crippen molar-refractivity contribution in [1.82, 2.24) is 10.2 Å². The first kappa shape index (κ1) is 20.4. The zero-order valence-electron chi connectivity index (χ0n) is 15.9. The smallest absolute Gasteiger partial charge is 0.261 e. The van der Waals surface area contributed by atoms with Crippen molar-refractivity contribution in [2.24, 2.45) is 0 Å². The van der Waals surface area contributed by atoms with Crippen molar-refractivity contribution in [3.05, 3.63) is 65.5 Å². The summed E-state index contributed by atoms with van der Waals surface area (Å²) in [7, 11) is 1.55. The lowest BCUT2D eigenvalue weighted by atomic mass is 10.1. The molecule has 0 saturated carbocycles. The molecule has 1 unspecified atom stereocenters. The van der Waals surface area contributed by atoms with Gasteiger partial charge in [-0.15, -0.1) is 0 Å². The number of benzene rings is 2. The minimum absolute atomic E-state index is 0.222. The van der Waals surface area contributed by atoms with E-state index < -0.39 is 6.04 Å². The van der Waals surface area contributed by atoms with Gasteiger partial charge in [0.2, 0.25) is 5.91 Å². The number of carbonyl (C=O) groups is 2. The van der Waals surface area contributed by atoms with Crippen LogP contribution in [0.5, 0.6) is 5.75 Å². The number of amides is 2. The fourth-order valence-corrected chi connectivity index (χ4v) is 2.74. The molecule has 144 valence electrons. The molecule has 0 fully saturated rings. The Hall–Kier alpha value is -2.89. The van der Waals surface area contributed by atoms with Gasteiger partial charge < -0.3 is 15.0 Å². The highest BCUT2D eigenvalue weighted by atomic mass is 19.1. The lowest BCUT2D eigenvalue weighted by Crippen LogP contribution is -2.49. The second-order valence-corrected chi connectivity index (χ2v) is 6.29. The normalized spacial score (nSPS) is 11.6. The average molecular weight is 372 g/mol. The minimum Gasteiger partial charge on any atom is -0.484 e. The predicted octanol–water partition coefficient (Wildman–Crippen LogP) is 3.07. The van der Waals surface area contributed by atoms with E-state index >= 15 is 0 Å². The van der Waals surface area contributed by atoms with Crippen LogP contribution in [0, 0.1) is 12.7 Å². The summed E-state index contributed by atoms with van der Waals surface area (Å²) in [4.78, 5) is 26.6. The zero-order valence-corrected chi connectivity index (χ0v) is 15.9. The number of nitrogens with one attached hydrogen (secondary N) is 1. The highest BCUT2D eigenvalue weighted by Crippen LogP contribution is 2.15. The van der Waals surface area contributed by atoms with Crippen LogP contribution in [-0.4, -0.2) is 36.4 Å². The molecule has 5 nitrogen and oxygen atoms in total. The summed E-state index contributed by atoms with van der Waals surface area (Å²) in [5.41, 5.74) is 2.05. The molecule has 0 aliphatic heterocycles. The molecule has 2 aromatic rings. The lowest BCUT2D eigenvalue weighted by molar-refractivity contribution is -0.142. The molecule has 1 N–H and O–H groups in total. The molecule has 0 saturated heterocycles. The third kappa shape index (κ3) is 5.81. The molecule has 27 heavy (non-hydrogen) atoms. The van der Waals surface area contributed by atoms with E-state index in [2.05, 4.69) is 5.32 Å². The summed E-state index contributed by atoms with van der Waals surface area (Å²) in [5.74, 6) is -0.511.